The van der Waals surface area contributed by atoms with Crippen molar-refractivity contribution in [3.8, 4) is 0 Å². The molecule has 0 radical (unpaired) electrons. The zero-order chi connectivity index (χ0) is 17.3. The lowest BCUT2D eigenvalue weighted by molar-refractivity contribution is 0.0125. The van der Waals surface area contributed by atoms with Gasteiger partial charge in [0.25, 0.3) is 0 Å². The van der Waals surface area contributed by atoms with E-state index >= 15 is 0 Å². The van der Waals surface area contributed by atoms with Crippen molar-refractivity contribution in [2.45, 2.75) is 45.0 Å². The minimum atomic E-state index is -1.19. The SMILES string of the molecule is CC(C)(C)OC(=O)N1CC[C@@H](Nc2cccc3ocnc23)[C@@H](F)C1. The summed E-state index contributed by atoms with van der Waals surface area (Å²) < 4.78 is 25.1. The molecular formula is C17H22FN3O3. The molecule has 1 saturated heterocycles. The molecule has 1 fully saturated rings. The topological polar surface area (TPSA) is 67.6 Å². The van der Waals surface area contributed by atoms with E-state index in [9.17, 15) is 9.18 Å². The van der Waals surface area contributed by atoms with Crippen LogP contribution in [0.15, 0.2) is 29.0 Å². The lowest BCUT2D eigenvalue weighted by Crippen LogP contribution is -2.51. The van der Waals surface area contributed by atoms with E-state index in [0.717, 1.165) is 5.69 Å². The average molecular weight is 335 g/mol. The lowest BCUT2D eigenvalue weighted by atomic mass is 10.0. The normalized spacial score (nSPS) is 21.8. The first-order valence-electron chi connectivity index (χ1n) is 8.04. The predicted molar refractivity (Wildman–Crippen MR) is 88.7 cm³/mol. The molecular weight excluding hydrogens is 313 g/mol. The van der Waals surface area contributed by atoms with Crippen molar-refractivity contribution in [3.05, 3.63) is 24.6 Å². The number of amides is 1. The standard InChI is InChI=1S/C17H22FN3O3/c1-17(2,3)24-16(22)21-8-7-12(11(18)9-21)20-13-5-4-6-14-15(13)19-10-23-14/h4-6,10-12,20H,7-9H2,1-3H3/t11-,12+/m0/s1. The van der Waals surface area contributed by atoms with Crippen molar-refractivity contribution < 1.29 is 18.3 Å². The van der Waals surface area contributed by atoms with Crippen LogP contribution in [0.5, 0.6) is 0 Å². The van der Waals surface area contributed by atoms with Gasteiger partial charge in [-0.2, -0.15) is 0 Å². The summed E-state index contributed by atoms with van der Waals surface area (Å²) in [5.74, 6) is 0. The zero-order valence-corrected chi connectivity index (χ0v) is 14.1. The van der Waals surface area contributed by atoms with Gasteiger partial charge in [-0.05, 0) is 39.3 Å². The third-order valence-electron chi connectivity index (χ3n) is 3.89. The number of piperidine rings is 1. The fourth-order valence-corrected chi connectivity index (χ4v) is 2.76. The van der Waals surface area contributed by atoms with Crippen LogP contribution >= 0.6 is 0 Å². The van der Waals surface area contributed by atoms with Gasteiger partial charge in [0.15, 0.2) is 12.0 Å². The van der Waals surface area contributed by atoms with Crippen LogP contribution in [0.4, 0.5) is 14.9 Å². The highest BCUT2D eigenvalue weighted by molar-refractivity contribution is 5.86. The largest absolute Gasteiger partial charge is 0.444 e. The molecule has 0 unspecified atom stereocenters. The molecule has 1 amide bonds. The molecule has 3 rings (SSSR count). The maximum absolute atomic E-state index is 14.5. The Labute approximate surface area is 140 Å². The van der Waals surface area contributed by atoms with Crippen molar-refractivity contribution in [1.82, 2.24) is 9.88 Å². The number of hydrogen-bond donors (Lipinski definition) is 1. The molecule has 1 aromatic carbocycles. The van der Waals surface area contributed by atoms with Crippen LogP contribution in [0.25, 0.3) is 11.1 Å². The van der Waals surface area contributed by atoms with Crippen LogP contribution in [0, 0.1) is 0 Å². The molecule has 2 aromatic rings. The number of para-hydroxylation sites is 1. The van der Waals surface area contributed by atoms with Gasteiger partial charge in [-0.25, -0.2) is 14.2 Å². The Balaban J connectivity index is 1.64. The number of alkyl halides is 1. The summed E-state index contributed by atoms with van der Waals surface area (Å²) in [6.07, 6.45) is 0.207. The second-order valence-electron chi connectivity index (χ2n) is 6.99. The van der Waals surface area contributed by atoms with E-state index in [0.29, 0.717) is 24.1 Å². The van der Waals surface area contributed by atoms with Crippen LogP contribution in [-0.2, 0) is 4.74 Å². The fraction of sp³-hybridized carbons (Fsp3) is 0.529. The third kappa shape index (κ3) is 3.60. The number of fused-ring (bicyclic) bond motifs is 1. The van der Waals surface area contributed by atoms with E-state index in [2.05, 4.69) is 10.3 Å². The number of ether oxygens (including phenoxy) is 1. The second kappa shape index (κ2) is 6.30. The number of nitrogens with zero attached hydrogens (tertiary/aromatic N) is 2. The van der Waals surface area contributed by atoms with E-state index in [1.807, 2.05) is 18.2 Å². The molecule has 0 spiro atoms. The van der Waals surface area contributed by atoms with Gasteiger partial charge >= 0.3 is 6.09 Å². The molecule has 130 valence electrons. The second-order valence-corrected chi connectivity index (χ2v) is 6.99. The summed E-state index contributed by atoms with van der Waals surface area (Å²) >= 11 is 0. The summed E-state index contributed by atoms with van der Waals surface area (Å²) in [5, 5.41) is 3.19. The maximum atomic E-state index is 14.5. The minimum absolute atomic E-state index is 0.0152. The summed E-state index contributed by atoms with van der Waals surface area (Å²) in [6, 6.07) is 5.11. The van der Waals surface area contributed by atoms with Crippen LogP contribution in [0.1, 0.15) is 27.2 Å². The maximum Gasteiger partial charge on any atom is 0.410 e. The number of aromatic nitrogens is 1. The van der Waals surface area contributed by atoms with Gasteiger partial charge in [-0.1, -0.05) is 6.07 Å². The number of carbonyl (C=O) groups is 1. The number of benzene rings is 1. The molecule has 24 heavy (non-hydrogen) atoms. The van der Waals surface area contributed by atoms with Crippen LogP contribution in [0.3, 0.4) is 0 Å². The van der Waals surface area contributed by atoms with E-state index in [-0.39, 0.29) is 12.6 Å². The molecule has 2 atom stereocenters. The molecule has 1 N–H and O–H groups in total. The van der Waals surface area contributed by atoms with Crippen molar-refractivity contribution >= 4 is 22.9 Å². The first-order chi connectivity index (χ1) is 11.3. The Morgan fingerprint density at radius 1 is 1.46 bits per heavy atom. The molecule has 1 aliphatic rings. The molecule has 0 saturated carbocycles. The number of carbonyl (C=O) groups excluding carboxylic acids is 1. The van der Waals surface area contributed by atoms with E-state index in [1.54, 1.807) is 20.8 Å². The Hall–Kier alpha value is -2.31. The van der Waals surface area contributed by atoms with Gasteiger partial charge in [0.1, 0.15) is 17.3 Å². The number of likely N-dealkylation sites (tertiary alicyclic amines) is 1. The number of nitrogens with one attached hydrogen (secondary N) is 1. The Kier molecular flexibility index (Phi) is 4.34. The first kappa shape index (κ1) is 16.5. The van der Waals surface area contributed by atoms with Crippen LogP contribution < -0.4 is 5.32 Å². The average Bonchev–Trinajstić information content (AvgIpc) is 2.97. The van der Waals surface area contributed by atoms with Crippen molar-refractivity contribution in [2.24, 2.45) is 0 Å². The number of oxazole rings is 1. The third-order valence-corrected chi connectivity index (χ3v) is 3.89. The number of halogens is 1. The number of rotatable bonds is 2. The summed E-state index contributed by atoms with van der Waals surface area (Å²) in [4.78, 5) is 17.6. The molecule has 2 heterocycles. The lowest BCUT2D eigenvalue weighted by Gasteiger charge is -2.36. The molecule has 0 aliphatic carbocycles. The van der Waals surface area contributed by atoms with Gasteiger partial charge in [-0.15, -0.1) is 0 Å². The Morgan fingerprint density at radius 3 is 2.96 bits per heavy atom. The number of hydrogen-bond acceptors (Lipinski definition) is 5. The zero-order valence-electron chi connectivity index (χ0n) is 14.1. The Bertz CT molecular complexity index is 725. The van der Waals surface area contributed by atoms with Gasteiger partial charge < -0.3 is 19.4 Å². The van der Waals surface area contributed by atoms with Crippen molar-refractivity contribution in [2.75, 3.05) is 18.4 Å². The molecule has 1 aliphatic heterocycles. The van der Waals surface area contributed by atoms with Crippen molar-refractivity contribution in [3.63, 3.8) is 0 Å². The highest BCUT2D eigenvalue weighted by atomic mass is 19.1. The molecule has 7 heteroatoms. The molecule has 6 nitrogen and oxygen atoms in total. The van der Waals surface area contributed by atoms with Crippen LogP contribution in [0.2, 0.25) is 0 Å². The highest BCUT2D eigenvalue weighted by Gasteiger charge is 2.33. The summed E-state index contributed by atoms with van der Waals surface area (Å²) in [6.45, 7) is 5.85. The van der Waals surface area contributed by atoms with E-state index in [1.165, 1.54) is 11.3 Å². The van der Waals surface area contributed by atoms with Crippen LogP contribution in [-0.4, -0.2) is 46.9 Å². The molecule has 0 bridgehead atoms. The minimum Gasteiger partial charge on any atom is -0.444 e. The highest BCUT2D eigenvalue weighted by Crippen LogP contribution is 2.26. The first-order valence-corrected chi connectivity index (χ1v) is 8.04. The van der Waals surface area contributed by atoms with Crippen molar-refractivity contribution in [1.29, 1.82) is 0 Å². The Morgan fingerprint density at radius 2 is 2.25 bits per heavy atom. The number of anilines is 1. The quantitative estimate of drug-likeness (QED) is 0.908. The monoisotopic (exact) mass is 335 g/mol. The fourth-order valence-electron chi connectivity index (χ4n) is 2.76. The summed E-state index contributed by atoms with van der Waals surface area (Å²) in [5.41, 5.74) is 1.49. The predicted octanol–water partition coefficient (Wildman–Crippen LogP) is 3.59. The van der Waals surface area contributed by atoms with Gasteiger partial charge in [0.05, 0.1) is 18.3 Å². The van der Waals surface area contributed by atoms with Gasteiger partial charge in [0.2, 0.25) is 0 Å². The van der Waals surface area contributed by atoms with E-state index < -0.39 is 17.9 Å². The smallest absolute Gasteiger partial charge is 0.410 e. The van der Waals surface area contributed by atoms with Gasteiger partial charge in [-0.3, -0.25) is 0 Å². The summed E-state index contributed by atoms with van der Waals surface area (Å²) in [7, 11) is 0. The van der Waals surface area contributed by atoms with Gasteiger partial charge in [0, 0.05) is 6.54 Å². The molecule has 1 aromatic heterocycles. The van der Waals surface area contributed by atoms with E-state index in [4.69, 9.17) is 9.15 Å².